The van der Waals surface area contributed by atoms with Gasteiger partial charge in [-0.2, -0.15) is 0 Å². The predicted octanol–water partition coefficient (Wildman–Crippen LogP) is 1.48. The first-order valence-electron chi connectivity index (χ1n) is 4.51. The Hall–Kier alpha value is -1.15. The molecule has 1 N–H and O–H groups in total. The number of rotatable bonds is 0. The molecule has 1 unspecified atom stereocenters. The lowest BCUT2D eigenvalue weighted by molar-refractivity contribution is 0.0711. The van der Waals surface area contributed by atoms with Crippen molar-refractivity contribution in [2.24, 2.45) is 0 Å². The van der Waals surface area contributed by atoms with Crippen LogP contribution in [-0.4, -0.2) is 17.0 Å². The average molecular weight is 176 g/mol. The van der Waals surface area contributed by atoms with Gasteiger partial charge in [0, 0.05) is 5.56 Å². The van der Waals surface area contributed by atoms with Crippen molar-refractivity contribution in [3.8, 4) is 0 Å². The summed E-state index contributed by atoms with van der Waals surface area (Å²) >= 11 is 0. The van der Waals surface area contributed by atoms with Crippen LogP contribution in [-0.2, 0) is 6.42 Å². The number of aryl methyl sites for hydroxylation is 2. The third-order valence-electron chi connectivity index (χ3n) is 2.60. The fraction of sp³-hybridized carbons (Fsp3) is 0.364. The number of Topliss-reactive ketones (excluding diaryl/α,β-unsaturated/α-hetero) is 1. The molecular weight excluding hydrogens is 164 g/mol. The zero-order chi connectivity index (χ0) is 9.42. The highest BCUT2D eigenvalue weighted by Crippen LogP contribution is 2.23. The highest BCUT2D eigenvalue weighted by molar-refractivity contribution is 6.02. The van der Waals surface area contributed by atoms with E-state index in [-0.39, 0.29) is 5.78 Å². The average Bonchev–Trinajstić information content (AvgIpc) is 2.12. The van der Waals surface area contributed by atoms with Crippen molar-refractivity contribution in [1.29, 1.82) is 0 Å². The Labute approximate surface area is 77.2 Å². The zero-order valence-corrected chi connectivity index (χ0v) is 7.58. The molecule has 0 fully saturated rings. The number of carbonyl (C=O) groups excluding carboxylic acids is 1. The number of ketones is 1. The molecule has 1 aliphatic rings. The Morgan fingerprint density at radius 1 is 1.46 bits per heavy atom. The van der Waals surface area contributed by atoms with Gasteiger partial charge in [0.1, 0.15) is 6.10 Å². The molecule has 2 nitrogen and oxygen atoms in total. The number of aliphatic hydroxyl groups is 1. The first-order valence-corrected chi connectivity index (χ1v) is 4.51. The second kappa shape index (κ2) is 2.96. The van der Waals surface area contributed by atoms with Gasteiger partial charge >= 0.3 is 0 Å². The molecule has 2 heteroatoms. The number of fused-ring (bicyclic) bond motifs is 1. The van der Waals surface area contributed by atoms with E-state index in [1.165, 1.54) is 0 Å². The van der Waals surface area contributed by atoms with Crippen LogP contribution in [0, 0.1) is 6.92 Å². The predicted molar refractivity (Wildman–Crippen MR) is 49.8 cm³/mol. The number of carbonyl (C=O) groups is 1. The van der Waals surface area contributed by atoms with Gasteiger partial charge in [0.05, 0.1) is 0 Å². The monoisotopic (exact) mass is 176 g/mol. The van der Waals surface area contributed by atoms with E-state index in [0.29, 0.717) is 6.42 Å². The van der Waals surface area contributed by atoms with Crippen LogP contribution in [0.5, 0.6) is 0 Å². The Bertz CT molecular complexity index is 355. The van der Waals surface area contributed by atoms with Gasteiger partial charge in [-0.3, -0.25) is 4.79 Å². The highest BCUT2D eigenvalue weighted by atomic mass is 16.3. The minimum Gasteiger partial charge on any atom is -0.385 e. The van der Waals surface area contributed by atoms with Crippen LogP contribution in [0.4, 0.5) is 0 Å². The Morgan fingerprint density at radius 3 is 3.00 bits per heavy atom. The van der Waals surface area contributed by atoms with Gasteiger partial charge in [-0.15, -0.1) is 0 Å². The first kappa shape index (κ1) is 8.45. The molecule has 0 spiro atoms. The van der Waals surface area contributed by atoms with E-state index in [1.54, 1.807) is 0 Å². The van der Waals surface area contributed by atoms with Crippen LogP contribution in [0.15, 0.2) is 18.2 Å². The van der Waals surface area contributed by atoms with Crippen molar-refractivity contribution in [1.82, 2.24) is 0 Å². The minimum absolute atomic E-state index is 0.112. The normalized spacial score (nSPS) is 21.4. The Balaban J connectivity index is 2.57. The highest BCUT2D eigenvalue weighted by Gasteiger charge is 2.26. The van der Waals surface area contributed by atoms with E-state index in [4.69, 9.17) is 0 Å². The maximum Gasteiger partial charge on any atom is 0.191 e. The molecule has 1 aliphatic carbocycles. The van der Waals surface area contributed by atoms with E-state index in [9.17, 15) is 9.90 Å². The topological polar surface area (TPSA) is 37.3 Å². The van der Waals surface area contributed by atoms with Crippen molar-refractivity contribution in [2.75, 3.05) is 0 Å². The second-order valence-corrected chi connectivity index (χ2v) is 3.53. The van der Waals surface area contributed by atoms with Crippen LogP contribution < -0.4 is 0 Å². The first-order chi connectivity index (χ1) is 6.20. The molecule has 0 heterocycles. The van der Waals surface area contributed by atoms with Crippen LogP contribution in [0.2, 0.25) is 0 Å². The third-order valence-corrected chi connectivity index (χ3v) is 2.60. The summed E-state index contributed by atoms with van der Waals surface area (Å²) in [5, 5.41) is 9.40. The van der Waals surface area contributed by atoms with E-state index >= 15 is 0 Å². The minimum atomic E-state index is -0.784. The molecule has 1 aromatic rings. The van der Waals surface area contributed by atoms with Gasteiger partial charge in [-0.1, -0.05) is 18.2 Å². The van der Waals surface area contributed by atoms with Crippen molar-refractivity contribution in [3.63, 3.8) is 0 Å². The van der Waals surface area contributed by atoms with E-state index < -0.39 is 6.10 Å². The lowest BCUT2D eigenvalue weighted by Gasteiger charge is -2.20. The summed E-state index contributed by atoms with van der Waals surface area (Å²) in [5.41, 5.74) is 2.79. The maximum atomic E-state index is 11.6. The van der Waals surface area contributed by atoms with Crippen molar-refractivity contribution in [2.45, 2.75) is 25.9 Å². The lowest BCUT2D eigenvalue weighted by Crippen LogP contribution is -2.27. The van der Waals surface area contributed by atoms with E-state index in [1.807, 2.05) is 25.1 Å². The van der Waals surface area contributed by atoms with Crippen LogP contribution in [0.3, 0.4) is 0 Å². The number of benzene rings is 1. The third kappa shape index (κ3) is 1.27. The smallest absolute Gasteiger partial charge is 0.191 e. The lowest BCUT2D eigenvalue weighted by atomic mass is 9.86. The summed E-state index contributed by atoms with van der Waals surface area (Å²) in [6.07, 6.45) is 0.591. The van der Waals surface area contributed by atoms with E-state index in [0.717, 1.165) is 23.1 Å². The molecule has 0 aromatic heterocycles. The number of hydrogen-bond acceptors (Lipinski definition) is 2. The van der Waals surface area contributed by atoms with Gasteiger partial charge in [-0.05, 0) is 30.9 Å². The second-order valence-electron chi connectivity index (χ2n) is 3.53. The zero-order valence-electron chi connectivity index (χ0n) is 7.58. The molecule has 1 atom stereocenters. The fourth-order valence-corrected chi connectivity index (χ4v) is 1.88. The maximum absolute atomic E-state index is 11.6. The van der Waals surface area contributed by atoms with Gasteiger partial charge in [-0.25, -0.2) is 0 Å². The van der Waals surface area contributed by atoms with Crippen molar-refractivity contribution < 1.29 is 9.90 Å². The molecule has 13 heavy (non-hydrogen) atoms. The van der Waals surface area contributed by atoms with E-state index in [2.05, 4.69) is 0 Å². The molecule has 0 amide bonds. The summed E-state index contributed by atoms with van der Waals surface area (Å²) in [5.74, 6) is -0.112. The Morgan fingerprint density at radius 2 is 2.23 bits per heavy atom. The van der Waals surface area contributed by atoms with Gasteiger partial charge in [0.2, 0.25) is 0 Å². The quantitative estimate of drug-likeness (QED) is 0.650. The molecule has 1 aromatic carbocycles. The van der Waals surface area contributed by atoms with Crippen molar-refractivity contribution in [3.05, 3.63) is 34.9 Å². The van der Waals surface area contributed by atoms with Crippen molar-refractivity contribution >= 4 is 5.78 Å². The molecule has 0 saturated heterocycles. The number of hydrogen-bond donors (Lipinski definition) is 1. The molecule has 68 valence electrons. The standard InChI is InChI=1S/C11H12O2/c1-7-3-2-4-8-5-6-9(12)11(13)10(7)8/h2-4,9,12H,5-6H2,1H3. The van der Waals surface area contributed by atoms with Gasteiger partial charge in [0.25, 0.3) is 0 Å². The SMILES string of the molecule is Cc1cccc2c1C(=O)C(O)CC2. The fourth-order valence-electron chi connectivity index (χ4n) is 1.88. The summed E-state index contributed by atoms with van der Waals surface area (Å²) < 4.78 is 0. The summed E-state index contributed by atoms with van der Waals surface area (Å²) in [7, 11) is 0. The molecule has 0 bridgehead atoms. The number of aliphatic hydroxyl groups excluding tert-OH is 1. The molecule has 0 saturated carbocycles. The summed E-state index contributed by atoms with van der Waals surface area (Å²) in [6.45, 7) is 1.91. The largest absolute Gasteiger partial charge is 0.385 e. The molecule has 0 radical (unpaired) electrons. The van der Waals surface area contributed by atoms with Crippen LogP contribution in [0.25, 0.3) is 0 Å². The molecule has 2 rings (SSSR count). The molecule has 0 aliphatic heterocycles. The van der Waals surface area contributed by atoms with Gasteiger partial charge < -0.3 is 5.11 Å². The van der Waals surface area contributed by atoms with Crippen LogP contribution in [0.1, 0.15) is 27.9 Å². The summed E-state index contributed by atoms with van der Waals surface area (Å²) in [4.78, 5) is 11.6. The van der Waals surface area contributed by atoms with Gasteiger partial charge in [0.15, 0.2) is 5.78 Å². The van der Waals surface area contributed by atoms with Crippen LogP contribution >= 0.6 is 0 Å². The Kier molecular flexibility index (Phi) is 1.93. The molecular formula is C11H12O2. The summed E-state index contributed by atoms with van der Waals surface area (Å²) in [6, 6.07) is 5.83.